The predicted molar refractivity (Wildman–Crippen MR) is 86.7 cm³/mol. The van der Waals surface area contributed by atoms with Crippen LogP contribution in [0.25, 0.3) is 11.1 Å². The molecule has 1 aromatic heterocycles. The maximum Gasteiger partial charge on any atom is 0.233 e. The van der Waals surface area contributed by atoms with E-state index >= 15 is 0 Å². The maximum absolute atomic E-state index is 13.4. The van der Waals surface area contributed by atoms with Crippen LogP contribution in [0.15, 0.2) is 30.5 Å². The van der Waals surface area contributed by atoms with Crippen LogP contribution in [0.1, 0.15) is 24.6 Å². The highest BCUT2D eigenvalue weighted by atomic mass is 19.1. The number of anilines is 1. The van der Waals surface area contributed by atoms with Gasteiger partial charge in [0, 0.05) is 11.8 Å². The summed E-state index contributed by atoms with van der Waals surface area (Å²) in [6.45, 7) is 3.87. The zero-order chi connectivity index (χ0) is 16.6. The molecule has 2 aromatic rings. The molecule has 0 spiro atoms. The van der Waals surface area contributed by atoms with Gasteiger partial charge in [-0.25, -0.2) is 4.39 Å². The number of hydrogen-bond acceptors (Lipinski definition) is 3. The Hall–Kier alpha value is -2.27. The lowest BCUT2D eigenvalue weighted by molar-refractivity contribution is -0.117. The monoisotopic (exact) mass is 314 g/mol. The lowest BCUT2D eigenvalue weighted by Crippen LogP contribution is -2.34. The number of aryl methyl sites for hydroxylation is 1. The van der Waals surface area contributed by atoms with Crippen LogP contribution in [0.5, 0.6) is 0 Å². The number of carbonyl (C=O) groups excluding carboxylic acids is 1. The van der Waals surface area contributed by atoms with Crippen molar-refractivity contribution in [2.75, 3.05) is 11.4 Å². The first kappa shape index (κ1) is 15.6. The van der Waals surface area contributed by atoms with Gasteiger partial charge in [-0.05, 0) is 42.7 Å². The van der Waals surface area contributed by atoms with Crippen LogP contribution in [-0.4, -0.2) is 28.6 Å². The van der Waals surface area contributed by atoms with Crippen molar-refractivity contribution in [3.63, 3.8) is 0 Å². The lowest BCUT2D eigenvalue weighted by atomic mass is 10.0. The van der Waals surface area contributed by atoms with Gasteiger partial charge in [0.05, 0.1) is 30.5 Å². The summed E-state index contributed by atoms with van der Waals surface area (Å²) >= 11 is 0. The van der Waals surface area contributed by atoms with Crippen molar-refractivity contribution in [3.8, 4) is 11.1 Å². The maximum atomic E-state index is 13.4. The van der Waals surface area contributed by atoms with Crippen molar-refractivity contribution in [1.29, 1.82) is 0 Å². The molecular weight excluding hydrogens is 295 g/mol. The first-order valence-electron chi connectivity index (χ1n) is 7.73. The minimum absolute atomic E-state index is 0.0487. The number of carbonyl (C=O) groups is 1. The molecule has 1 aliphatic rings. The van der Waals surface area contributed by atoms with E-state index in [2.05, 4.69) is 4.98 Å². The van der Waals surface area contributed by atoms with Gasteiger partial charge in [-0.1, -0.05) is 13.0 Å². The second-order valence-electron chi connectivity index (χ2n) is 5.90. The molecule has 0 radical (unpaired) electrons. The summed E-state index contributed by atoms with van der Waals surface area (Å²) in [6.07, 6.45) is 2.00. The van der Waals surface area contributed by atoms with Crippen LogP contribution in [0.3, 0.4) is 0 Å². The van der Waals surface area contributed by atoms with E-state index in [1.54, 1.807) is 30.2 Å². The highest BCUT2D eigenvalue weighted by Gasteiger charge is 2.30. The van der Waals surface area contributed by atoms with E-state index in [1.807, 2.05) is 13.0 Å². The Morgan fingerprint density at radius 3 is 2.83 bits per heavy atom. The van der Waals surface area contributed by atoms with Gasteiger partial charge >= 0.3 is 0 Å². The highest BCUT2D eigenvalue weighted by molar-refractivity contribution is 6.01. The lowest BCUT2D eigenvalue weighted by Gasteiger charge is -2.20. The largest absolute Gasteiger partial charge is 0.391 e. The van der Waals surface area contributed by atoms with Gasteiger partial charge in [-0.15, -0.1) is 0 Å². The number of benzene rings is 1. The number of aliphatic hydroxyl groups is 1. The minimum atomic E-state index is -0.554. The van der Waals surface area contributed by atoms with Crippen LogP contribution in [-0.2, 0) is 11.2 Å². The van der Waals surface area contributed by atoms with Crippen LogP contribution < -0.4 is 4.90 Å². The van der Waals surface area contributed by atoms with Gasteiger partial charge < -0.3 is 10.0 Å². The summed E-state index contributed by atoms with van der Waals surface area (Å²) < 4.78 is 13.4. The van der Waals surface area contributed by atoms with Gasteiger partial charge in [0.15, 0.2) is 0 Å². The first-order valence-corrected chi connectivity index (χ1v) is 7.73. The van der Waals surface area contributed by atoms with Gasteiger partial charge in [-0.3, -0.25) is 9.78 Å². The molecule has 4 nitrogen and oxygen atoms in total. The number of pyridine rings is 1. The molecule has 2 heterocycles. The number of hydrogen-bond donors (Lipinski definition) is 1. The van der Waals surface area contributed by atoms with Crippen molar-refractivity contribution >= 4 is 11.6 Å². The zero-order valence-corrected chi connectivity index (χ0v) is 13.2. The molecule has 0 fully saturated rings. The van der Waals surface area contributed by atoms with E-state index in [-0.39, 0.29) is 24.7 Å². The van der Waals surface area contributed by atoms with Gasteiger partial charge in [0.25, 0.3) is 0 Å². The fourth-order valence-corrected chi connectivity index (χ4v) is 2.75. The van der Waals surface area contributed by atoms with E-state index in [1.165, 1.54) is 6.07 Å². The normalized spacial score (nSPS) is 15.0. The van der Waals surface area contributed by atoms with E-state index in [0.29, 0.717) is 12.0 Å². The molecule has 0 aliphatic carbocycles. The summed E-state index contributed by atoms with van der Waals surface area (Å²) in [5, 5.41) is 9.86. The summed E-state index contributed by atoms with van der Waals surface area (Å²) in [5.41, 5.74) is 3.72. The fraction of sp³-hybridized carbons (Fsp3) is 0.333. The molecule has 0 saturated heterocycles. The quantitative estimate of drug-likeness (QED) is 0.944. The Kier molecular flexibility index (Phi) is 4.13. The molecule has 5 heteroatoms. The van der Waals surface area contributed by atoms with Crippen LogP contribution in [0.2, 0.25) is 0 Å². The molecule has 23 heavy (non-hydrogen) atoms. The van der Waals surface area contributed by atoms with Crippen molar-refractivity contribution in [1.82, 2.24) is 4.98 Å². The predicted octanol–water partition coefficient (Wildman–Crippen LogP) is 2.86. The number of fused-ring (bicyclic) bond motifs is 1. The van der Waals surface area contributed by atoms with E-state index < -0.39 is 6.10 Å². The van der Waals surface area contributed by atoms with Crippen molar-refractivity contribution in [3.05, 3.63) is 47.5 Å². The fourth-order valence-electron chi connectivity index (χ4n) is 2.75. The molecule has 1 amide bonds. The van der Waals surface area contributed by atoms with E-state index in [9.17, 15) is 14.3 Å². The first-order chi connectivity index (χ1) is 11.0. The number of nitrogens with zero attached hydrogens (tertiary/aromatic N) is 2. The Labute approximate surface area is 134 Å². The second-order valence-corrected chi connectivity index (χ2v) is 5.90. The third-order valence-electron chi connectivity index (χ3n) is 4.21. The smallest absolute Gasteiger partial charge is 0.233 e. The van der Waals surface area contributed by atoms with E-state index in [0.717, 1.165) is 22.5 Å². The number of aliphatic hydroxyl groups excluding tert-OH is 1. The third-order valence-corrected chi connectivity index (χ3v) is 4.21. The average molecular weight is 314 g/mol. The van der Waals surface area contributed by atoms with Gasteiger partial charge in [0.1, 0.15) is 5.82 Å². The highest BCUT2D eigenvalue weighted by Crippen LogP contribution is 2.32. The second kappa shape index (κ2) is 6.08. The summed E-state index contributed by atoms with van der Waals surface area (Å²) in [5.74, 6) is -0.293. The van der Waals surface area contributed by atoms with Crippen molar-refractivity contribution < 1.29 is 14.3 Å². The van der Waals surface area contributed by atoms with Crippen LogP contribution in [0, 0.1) is 12.7 Å². The summed E-state index contributed by atoms with van der Waals surface area (Å²) in [6, 6.07) is 6.79. The Morgan fingerprint density at radius 1 is 1.35 bits per heavy atom. The number of amides is 1. The standard InChI is InChI=1S/C18H19FN2O2/c1-3-14(22)10-21-17-7-13(9-20-16(17)8-18(21)23)12-4-5-15(19)11(2)6-12/h4-7,9,14,22H,3,8,10H2,1-2H3. The molecule has 1 unspecified atom stereocenters. The molecule has 1 N–H and O–H groups in total. The summed E-state index contributed by atoms with van der Waals surface area (Å²) in [7, 11) is 0. The van der Waals surface area contributed by atoms with Crippen LogP contribution in [0.4, 0.5) is 10.1 Å². The minimum Gasteiger partial charge on any atom is -0.391 e. The molecule has 3 rings (SSSR count). The van der Waals surface area contributed by atoms with Crippen molar-refractivity contribution in [2.24, 2.45) is 0 Å². The summed E-state index contributed by atoms with van der Waals surface area (Å²) in [4.78, 5) is 18.1. The molecule has 1 aliphatic heterocycles. The zero-order valence-electron chi connectivity index (χ0n) is 13.2. The van der Waals surface area contributed by atoms with Gasteiger partial charge in [0.2, 0.25) is 5.91 Å². The SMILES string of the molecule is CCC(O)CN1C(=O)Cc2ncc(-c3ccc(F)c(C)c3)cc21. The average Bonchev–Trinajstić information content (AvgIpc) is 2.85. The molecular formula is C18H19FN2O2. The topological polar surface area (TPSA) is 53.4 Å². The Bertz CT molecular complexity index is 761. The molecule has 1 atom stereocenters. The number of halogens is 1. The number of β-amino-alcohol motifs (C(OH)–C–C–N with tert-alkyl or cyclic N) is 1. The van der Waals surface area contributed by atoms with Gasteiger partial charge in [-0.2, -0.15) is 0 Å². The molecule has 1 aromatic carbocycles. The number of rotatable bonds is 4. The molecule has 0 bridgehead atoms. The van der Waals surface area contributed by atoms with Crippen molar-refractivity contribution in [2.45, 2.75) is 32.8 Å². The molecule has 120 valence electrons. The van der Waals surface area contributed by atoms with Crippen LogP contribution >= 0.6 is 0 Å². The molecule has 0 saturated carbocycles. The Balaban J connectivity index is 1.98. The third kappa shape index (κ3) is 2.97. The van der Waals surface area contributed by atoms with E-state index in [4.69, 9.17) is 0 Å². The number of aromatic nitrogens is 1. The Morgan fingerprint density at radius 2 is 2.13 bits per heavy atom.